The first-order valence-corrected chi connectivity index (χ1v) is 27.4. The van der Waals surface area contributed by atoms with E-state index in [1.807, 2.05) is 6.08 Å². The summed E-state index contributed by atoms with van der Waals surface area (Å²) in [6.45, 7) is 6.47. The molecule has 0 unspecified atom stereocenters. The average Bonchev–Trinajstić information content (AvgIpc) is 3.30. The van der Waals surface area contributed by atoms with Crippen LogP contribution in [-0.4, -0.2) is 37.2 Å². The van der Waals surface area contributed by atoms with E-state index in [0.717, 1.165) is 77.0 Å². The molecule has 0 aliphatic carbocycles. The van der Waals surface area contributed by atoms with Crippen LogP contribution in [0.5, 0.6) is 0 Å². The predicted octanol–water partition coefficient (Wildman–Crippen LogP) is 18.2. The van der Waals surface area contributed by atoms with Crippen LogP contribution < -0.4 is 0 Å². The molecular weight excluding hydrogens is 805 g/mol. The molecular formula is C59H102O6. The number of unbranched alkanes of at least 4 members (excludes halogenated alkanes) is 26. The van der Waals surface area contributed by atoms with Gasteiger partial charge in [-0.15, -0.1) is 0 Å². The van der Waals surface area contributed by atoms with Gasteiger partial charge < -0.3 is 14.2 Å². The zero-order valence-electron chi connectivity index (χ0n) is 42.7. The summed E-state index contributed by atoms with van der Waals surface area (Å²) in [5.41, 5.74) is 0. The van der Waals surface area contributed by atoms with Crippen molar-refractivity contribution >= 4 is 17.9 Å². The molecule has 374 valence electrons. The van der Waals surface area contributed by atoms with Crippen LogP contribution in [0.15, 0.2) is 72.9 Å². The van der Waals surface area contributed by atoms with Crippen molar-refractivity contribution in [3.05, 3.63) is 72.9 Å². The maximum atomic E-state index is 12.8. The minimum absolute atomic E-state index is 0.0952. The molecule has 0 amide bonds. The lowest BCUT2D eigenvalue weighted by atomic mass is 10.0. The number of ether oxygens (including phenoxy) is 3. The van der Waals surface area contributed by atoms with Crippen LogP contribution in [0.4, 0.5) is 0 Å². The Kier molecular flexibility index (Phi) is 50.9. The highest BCUT2D eigenvalue weighted by molar-refractivity contribution is 5.71. The number of hydrogen-bond acceptors (Lipinski definition) is 6. The predicted molar refractivity (Wildman–Crippen MR) is 279 cm³/mol. The topological polar surface area (TPSA) is 78.9 Å². The molecule has 0 aromatic heterocycles. The summed E-state index contributed by atoms with van der Waals surface area (Å²) in [6, 6.07) is 0. The minimum Gasteiger partial charge on any atom is -0.462 e. The van der Waals surface area contributed by atoms with Gasteiger partial charge in [0, 0.05) is 19.3 Å². The Morgan fingerprint density at radius 3 is 0.938 bits per heavy atom. The van der Waals surface area contributed by atoms with E-state index in [0.29, 0.717) is 19.3 Å². The molecule has 0 aromatic carbocycles. The third-order valence-electron chi connectivity index (χ3n) is 11.7. The van der Waals surface area contributed by atoms with E-state index < -0.39 is 6.10 Å². The zero-order valence-corrected chi connectivity index (χ0v) is 42.7. The van der Waals surface area contributed by atoms with Crippen LogP contribution in [-0.2, 0) is 28.6 Å². The number of carbonyl (C=O) groups excluding carboxylic acids is 3. The summed E-state index contributed by atoms with van der Waals surface area (Å²) in [5.74, 6) is -0.975. The number of esters is 3. The quantitative estimate of drug-likeness (QED) is 0.0262. The highest BCUT2D eigenvalue weighted by Crippen LogP contribution is 2.16. The molecule has 1 atom stereocenters. The Morgan fingerprint density at radius 2 is 0.600 bits per heavy atom. The van der Waals surface area contributed by atoms with Gasteiger partial charge in [0.25, 0.3) is 0 Å². The summed E-state index contributed by atoms with van der Waals surface area (Å²) in [6.07, 6.45) is 67.6. The second-order valence-corrected chi connectivity index (χ2v) is 18.1. The van der Waals surface area contributed by atoms with E-state index in [1.54, 1.807) is 0 Å². The summed E-state index contributed by atoms with van der Waals surface area (Å²) >= 11 is 0. The van der Waals surface area contributed by atoms with E-state index >= 15 is 0 Å². The molecule has 0 rings (SSSR count). The average molecular weight is 907 g/mol. The Morgan fingerprint density at radius 1 is 0.323 bits per heavy atom. The lowest BCUT2D eigenvalue weighted by molar-refractivity contribution is -0.166. The molecule has 6 heteroatoms. The van der Waals surface area contributed by atoms with Gasteiger partial charge in [0.15, 0.2) is 6.10 Å². The van der Waals surface area contributed by atoms with E-state index in [4.69, 9.17) is 14.2 Å². The summed E-state index contributed by atoms with van der Waals surface area (Å²) in [4.78, 5) is 38.0. The van der Waals surface area contributed by atoms with Gasteiger partial charge in [0.05, 0.1) is 0 Å². The van der Waals surface area contributed by atoms with Gasteiger partial charge in [-0.3, -0.25) is 14.4 Å². The van der Waals surface area contributed by atoms with E-state index in [1.165, 1.54) is 141 Å². The second-order valence-electron chi connectivity index (χ2n) is 18.1. The van der Waals surface area contributed by atoms with E-state index in [9.17, 15) is 14.4 Å². The first-order valence-electron chi connectivity index (χ1n) is 27.4. The van der Waals surface area contributed by atoms with E-state index in [2.05, 4.69) is 87.6 Å². The Labute approximate surface area is 402 Å². The maximum Gasteiger partial charge on any atom is 0.306 e. The number of carbonyl (C=O) groups is 3. The molecule has 0 radical (unpaired) electrons. The molecule has 0 aliphatic heterocycles. The Bertz CT molecular complexity index is 1230. The van der Waals surface area contributed by atoms with Crippen molar-refractivity contribution in [1.29, 1.82) is 0 Å². The van der Waals surface area contributed by atoms with Gasteiger partial charge in [0.1, 0.15) is 13.2 Å². The van der Waals surface area contributed by atoms with Crippen molar-refractivity contribution in [3.8, 4) is 0 Å². The molecule has 0 saturated heterocycles. The normalized spacial score (nSPS) is 12.6. The van der Waals surface area contributed by atoms with Crippen LogP contribution in [0.25, 0.3) is 0 Å². The third kappa shape index (κ3) is 51.7. The highest BCUT2D eigenvalue weighted by Gasteiger charge is 2.19. The van der Waals surface area contributed by atoms with Crippen molar-refractivity contribution in [2.75, 3.05) is 13.2 Å². The lowest BCUT2D eigenvalue weighted by Gasteiger charge is -2.18. The molecule has 0 fully saturated rings. The van der Waals surface area contributed by atoms with Gasteiger partial charge in [-0.25, -0.2) is 0 Å². The number of hydrogen-bond donors (Lipinski definition) is 0. The van der Waals surface area contributed by atoms with Gasteiger partial charge in [-0.05, 0) is 57.8 Å². The van der Waals surface area contributed by atoms with E-state index in [-0.39, 0.29) is 37.5 Å². The Balaban J connectivity index is 4.44. The molecule has 0 heterocycles. The fourth-order valence-corrected chi connectivity index (χ4v) is 7.65. The smallest absolute Gasteiger partial charge is 0.306 e. The summed E-state index contributed by atoms with van der Waals surface area (Å²) in [7, 11) is 0. The highest BCUT2D eigenvalue weighted by atomic mass is 16.6. The van der Waals surface area contributed by atoms with Gasteiger partial charge >= 0.3 is 17.9 Å². The molecule has 0 bridgehead atoms. The molecule has 0 N–H and O–H groups in total. The van der Waals surface area contributed by atoms with Crippen molar-refractivity contribution < 1.29 is 28.6 Å². The van der Waals surface area contributed by atoms with Crippen molar-refractivity contribution in [1.82, 2.24) is 0 Å². The SMILES string of the molecule is CC/C=C\C/C=C\C/C=C\C/C=C\C/C=C\C/C=C\CCC(=O)OC[C@@H](COC(=O)CCCCCCCCCCCCC)OC(=O)CCCCCCCCCCCCCCCCCCC. The first kappa shape index (κ1) is 61.9. The van der Waals surface area contributed by atoms with Crippen LogP contribution >= 0.6 is 0 Å². The molecule has 65 heavy (non-hydrogen) atoms. The Hall–Kier alpha value is -3.15. The number of allylic oxidation sites excluding steroid dienone is 12. The molecule has 0 aliphatic rings. The minimum atomic E-state index is -0.801. The number of rotatable bonds is 49. The van der Waals surface area contributed by atoms with Crippen molar-refractivity contribution in [2.45, 2.75) is 271 Å². The largest absolute Gasteiger partial charge is 0.462 e. The molecule has 0 aromatic rings. The fourth-order valence-electron chi connectivity index (χ4n) is 7.65. The van der Waals surface area contributed by atoms with Gasteiger partial charge in [0.2, 0.25) is 0 Å². The van der Waals surface area contributed by atoms with Crippen LogP contribution in [0.1, 0.15) is 265 Å². The van der Waals surface area contributed by atoms with Crippen molar-refractivity contribution in [3.63, 3.8) is 0 Å². The van der Waals surface area contributed by atoms with Crippen LogP contribution in [0, 0.1) is 0 Å². The fraction of sp³-hybridized carbons (Fsp3) is 0.746. The van der Waals surface area contributed by atoms with Gasteiger partial charge in [-0.1, -0.05) is 261 Å². The first-order chi connectivity index (χ1) is 32.0. The van der Waals surface area contributed by atoms with Gasteiger partial charge in [-0.2, -0.15) is 0 Å². The molecule has 6 nitrogen and oxygen atoms in total. The van der Waals surface area contributed by atoms with Crippen molar-refractivity contribution in [2.24, 2.45) is 0 Å². The summed E-state index contributed by atoms with van der Waals surface area (Å²) in [5, 5.41) is 0. The molecule has 0 saturated carbocycles. The van der Waals surface area contributed by atoms with Crippen LogP contribution in [0.2, 0.25) is 0 Å². The maximum absolute atomic E-state index is 12.8. The second kappa shape index (κ2) is 53.5. The standard InChI is InChI=1S/C59H102O6/c1-4-7-10-13-16-19-22-24-26-28-29-31-32-34-37-40-43-46-49-52-58(61)64-55-56(54-63-57(60)51-48-45-42-39-36-21-18-15-12-9-6-3)65-59(62)53-50-47-44-41-38-35-33-30-27-25-23-20-17-14-11-8-5-2/h7,10,16,19,24,26,29,31,34,37,43,46,56H,4-6,8-9,11-15,17-18,20-23,25,27-28,30,32-33,35-36,38-42,44-45,47-55H2,1-3H3/b10-7-,19-16-,26-24-,31-29-,37-34-,46-43-/t56-/m1/s1. The third-order valence-corrected chi connectivity index (χ3v) is 11.7. The lowest BCUT2D eigenvalue weighted by Crippen LogP contribution is -2.30. The molecule has 0 spiro atoms. The zero-order chi connectivity index (χ0) is 47.2. The monoisotopic (exact) mass is 907 g/mol. The summed E-state index contributed by atoms with van der Waals surface area (Å²) < 4.78 is 16.8. The van der Waals surface area contributed by atoms with Crippen LogP contribution in [0.3, 0.4) is 0 Å².